The number of hydrogen-bond donors (Lipinski definition) is 1. The number of halogens is 1. The van der Waals surface area contributed by atoms with Crippen LogP contribution in [0.1, 0.15) is 0 Å². The Kier molecular flexibility index (Phi) is 2.63. The third-order valence-corrected chi connectivity index (χ3v) is 2.19. The van der Waals surface area contributed by atoms with Crippen molar-refractivity contribution in [2.24, 2.45) is 7.05 Å². The molecule has 6 heteroatoms. The van der Waals surface area contributed by atoms with Crippen LogP contribution in [0.4, 0.5) is 10.1 Å². The third-order valence-electron chi connectivity index (χ3n) is 2.19. The molecule has 0 unspecified atom stereocenters. The summed E-state index contributed by atoms with van der Waals surface area (Å²) < 4.78 is 15.3. The molecule has 0 aliphatic carbocycles. The monoisotopic (exact) mass is 220 g/mol. The highest BCUT2D eigenvalue weighted by Crippen LogP contribution is 2.28. The average molecular weight is 220 g/mol. The Balaban J connectivity index is 2.62. The smallest absolute Gasteiger partial charge is 0.211 e. The summed E-state index contributed by atoms with van der Waals surface area (Å²) in [6.07, 6.45) is 6.04. The number of rotatable bonds is 3. The molecule has 0 spiro atoms. The van der Waals surface area contributed by atoms with Gasteiger partial charge in [-0.1, -0.05) is 0 Å². The lowest BCUT2D eigenvalue weighted by molar-refractivity contribution is -0.105. The lowest BCUT2D eigenvalue weighted by atomic mass is 10.1. The predicted octanol–water partition coefficient (Wildman–Crippen LogP) is 1.19. The first kappa shape index (κ1) is 10.3. The highest BCUT2D eigenvalue weighted by molar-refractivity contribution is 5.83. The molecule has 0 fully saturated rings. The minimum Gasteiger partial charge on any atom is -0.334 e. The van der Waals surface area contributed by atoms with Gasteiger partial charge in [0.25, 0.3) is 0 Å². The number of nitrogens with zero attached hydrogens (tertiary/aromatic N) is 3. The molecule has 1 amide bonds. The maximum Gasteiger partial charge on any atom is 0.211 e. The van der Waals surface area contributed by atoms with Gasteiger partial charge in [-0.05, 0) is 0 Å². The summed E-state index contributed by atoms with van der Waals surface area (Å²) in [5.74, 6) is -0.504. The van der Waals surface area contributed by atoms with Crippen molar-refractivity contribution >= 4 is 12.1 Å². The summed E-state index contributed by atoms with van der Waals surface area (Å²) in [4.78, 5) is 18.0. The number of carbonyl (C=O) groups is 1. The van der Waals surface area contributed by atoms with Crippen LogP contribution in [0.2, 0.25) is 0 Å². The van der Waals surface area contributed by atoms with Gasteiger partial charge in [-0.15, -0.1) is 0 Å². The average Bonchev–Trinajstić information content (AvgIpc) is 2.65. The molecule has 2 aromatic heterocycles. The first-order valence-corrected chi connectivity index (χ1v) is 4.54. The molecule has 0 bridgehead atoms. The van der Waals surface area contributed by atoms with Crippen LogP contribution in [0.3, 0.4) is 0 Å². The molecular weight excluding hydrogens is 211 g/mol. The fourth-order valence-electron chi connectivity index (χ4n) is 1.47. The van der Waals surface area contributed by atoms with E-state index < -0.39 is 5.82 Å². The van der Waals surface area contributed by atoms with E-state index in [-0.39, 0.29) is 5.56 Å². The van der Waals surface area contributed by atoms with E-state index in [9.17, 15) is 9.18 Å². The van der Waals surface area contributed by atoms with Crippen LogP contribution in [0.15, 0.2) is 24.9 Å². The van der Waals surface area contributed by atoms with Crippen LogP contribution < -0.4 is 5.32 Å². The molecule has 16 heavy (non-hydrogen) atoms. The number of aryl methyl sites for hydroxylation is 1. The van der Waals surface area contributed by atoms with Gasteiger partial charge in [0.2, 0.25) is 6.41 Å². The first-order valence-electron chi connectivity index (χ1n) is 4.54. The number of amides is 1. The van der Waals surface area contributed by atoms with Crippen molar-refractivity contribution in [1.29, 1.82) is 0 Å². The van der Waals surface area contributed by atoms with Crippen LogP contribution in [0.25, 0.3) is 11.3 Å². The molecule has 0 saturated carbocycles. The fourth-order valence-corrected chi connectivity index (χ4v) is 1.47. The quantitative estimate of drug-likeness (QED) is 0.790. The van der Waals surface area contributed by atoms with E-state index in [1.54, 1.807) is 17.9 Å². The lowest BCUT2D eigenvalue weighted by Gasteiger charge is -2.08. The van der Waals surface area contributed by atoms with Crippen LogP contribution in [-0.4, -0.2) is 20.9 Å². The molecule has 0 aromatic carbocycles. The minimum atomic E-state index is -0.504. The Bertz CT molecular complexity index is 523. The number of imidazole rings is 1. The van der Waals surface area contributed by atoms with E-state index in [4.69, 9.17) is 0 Å². The molecule has 0 saturated heterocycles. The van der Waals surface area contributed by atoms with Gasteiger partial charge in [0, 0.05) is 7.05 Å². The largest absolute Gasteiger partial charge is 0.334 e. The Morgan fingerprint density at radius 1 is 1.38 bits per heavy atom. The summed E-state index contributed by atoms with van der Waals surface area (Å²) in [6, 6.07) is 0. The van der Waals surface area contributed by atoms with Crippen molar-refractivity contribution in [2.75, 3.05) is 5.32 Å². The Hall–Kier alpha value is -2.24. The van der Waals surface area contributed by atoms with Crippen molar-refractivity contribution in [2.45, 2.75) is 0 Å². The van der Waals surface area contributed by atoms with E-state index in [2.05, 4.69) is 15.3 Å². The molecule has 0 atom stereocenters. The highest BCUT2D eigenvalue weighted by atomic mass is 19.1. The number of carbonyl (C=O) groups excluding carboxylic acids is 1. The predicted molar refractivity (Wildman–Crippen MR) is 56.1 cm³/mol. The minimum absolute atomic E-state index is 0.280. The normalized spacial score (nSPS) is 10.1. The SMILES string of the molecule is Cn1cncc1-c1c(F)cncc1NC=O. The molecule has 0 aliphatic rings. The van der Waals surface area contributed by atoms with Gasteiger partial charge in [0.15, 0.2) is 5.82 Å². The van der Waals surface area contributed by atoms with Crippen molar-refractivity contribution in [3.8, 4) is 11.3 Å². The number of anilines is 1. The van der Waals surface area contributed by atoms with Crippen LogP contribution >= 0.6 is 0 Å². The van der Waals surface area contributed by atoms with Crippen molar-refractivity contribution in [1.82, 2.24) is 14.5 Å². The molecule has 0 radical (unpaired) electrons. The van der Waals surface area contributed by atoms with Gasteiger partial charge in [0.1, 0.15) is 0 Å². The summed E-state index contributed by atoms with van der Waals surface area (Å²) >= 11 is 0. The van der Waals surface area contributed by atoms with E-state index in [1.165, 1.54) is 12.4 Å². The second-order valence-electron chi connectivity index (χ2n) is 3.20. The van der Waals surface area contributed by atoms with Gasteiger partial charge in [-0.3, -0.25) is 9.78 Å². The zero-order chi connectivity index (χ0) is 11.5. The molecular formula is C10H9FN4O. The van der Waals surface area contributed by atoms with Crippen molar-refractivity contribution in [3.05, 3.63) is 30.7 Å². The Morgan fingerprint density at radius 2 is 2.19 bits per heavy atom. The van der Waals surface area contributed by atoms with Gasteiger partial charge in [0.05, 0.1) is 41.9 Å². The lowest BCUT2D eigenvalue weighted by Crippen LogP contribution is -2.01. The van der Waals surface area contributed by atoms with Gasteiger partial charge in [-0.25, -0.2) is 9.37 Å². The van der Waals surface area contributed by atoms with E-state index in [0.29, 0.717) is 17.8 Å². The third kappa shape index (κ3) is 1.65. The Morgan fingerprint density at radius 3 is 2.81 bits per heavy atom. The molecule has 0 aliphatic heterocycles. The second-order valence-corrected chi connectivity index (χ2v) is 3.20. The number of aromatic nitrogens is 3. The summed E-state index contributed by atoms with van der Waals surface area (Å²) in [7, 11) is 1.74. The molecule has 2 aromatic rings. The topological polar surface area (TPSA) is 59.8 Å². The van der Waals surface area contributed by atoms with Gasteiger partial charge >= 0.3 is 0 Å². The van der Waals surface area contributed by atoms with Gasteiger partial charge < -0.3 is 9.88 Å². The van der Waals surface area contributed by atoms with Crippen molar-refractivity contribution in [3.63, 3.8) is 0 Å². The first-order chi connectivity index (χ1) is 7.74. The van der Waals surface area contributed by atoms with Gasteiger partial charge in [-0.2, -0.15) is 0 Å². The zero-order valence-corrected chi connectivity index (χ0v) is 8.51. The maximum absolute atomic E-state index is 13.7. The summed E-state index contributed by atoms with van der Waals surface area (Å²) in [6.45, 7) is 0. The molecule has 5 nitrogen and oxygen atoms in total. The zero-order valence-electron chi connectivity index (χ0n) is 8.51. The number of nitrogens with one attached hydrogen (secondary N) is 1. The number of pyridine rings is 1. The fraction of sp³-hybridized carbons (Fsp3) is 0.100. The molecule has 2 heterocycles. The van der Waals surface area contributed by atoms with Crippen LogP contribution in [-0.2, 0) is 11.8 Å². The molecule has 82 valence electrons. The second kappa shape index (κ2) is 4.09. The summed E-state index contributed by atoms with van der Waals surface area (Å²) in [5.41, 5.74) is 1.17. The van der Waals surface area contributed by atoms with E-state index in [0.717, 1.165) is 6.20 Å². The van der Waals surface area contributed by atoms with E-state index >= 15 is 0 Å². The van der Waals surface area contributed by atoms with Crippen LogP contribution in [0, 0.1) is 5.82 Å². The Labute approximate surface area is 91.0 Å². The molecule has 2 rings (SSSR count). The number of hydrogen-bond acceptors (Lipinski definition) is 3. The standard InChI is InChI=1S/C10H9FN4O/c1-15-5-13-4-9(15)10-7(11)2-12-3-8(10)14-6-16/h2-6H,1H3,(H,14,16). The highest BCUT2D eigenvalue weighted by Gasteiger charge is 2.13. The van der Waals surface area contributed by atoms with Crippen molar-refractivity contribution < 1.29 is 9.18 Å². The maximum atomic E-state index is 13.7. The summed E-state index contributed by atoms with van der Waals surface area (Å²) in [5, 5.41) is 2.41. The van der Waals surface area contributed by atoms with E-state index in [1.807, 2.05) is 0 Å². The molecule has 1 N–H and O–H groups in total. The van der Waals surface area contributed by atoms with Crippen LogP contribution in [0.5, 0.6) is 0 Å².